The Morgan fingerprint density at radius 1 is 1.24 bits per heavy atom. The first kappa shape index (κ1) is 17.6. The Hall–Kier alpha value is -2.26. The van der Waals surface area contributed by atoms with Crippen molar-refractivity contribution in [2.45, 2.75) is 38.0 Å². The van der Waals surface area contributed by atoms with Crippen LogP contribution in [0.2, 0.25) is 0 Å². The molecule has 0 unspecified atom stereocenters. The maximum Gasteiger partial charge on any atom is 0.277 e. The first-order valence-electron chi connectivity index (χ1n) is 8.01. The van der Waals surface area contributed by atoms with E-state index in [2.05, 4.69) is 10.3 Å². The third-order valence-corrected chi connectivity index (χ3v) is 4.21. The lowest BCUT2D eigenvalue weighted by molar-refractivity contribution is -0.0524. The SMILES string of the molecule is Cc1cn([C@@H]2O[C@H](CO)[C@@H](O)[C@H]2O)c(NCc2ccccc2)nc1=O. The number of ether oxygens (including phenoxy) is 1. The summed E-state index contributed by atoms with van der Waals surface area (Å²) in [5.41, 5.74) is 0.978. The highest BCUT2D eigenvalue weighted by atomic mass is 16.6. The molecule has 25 heavy (non-hydrogen) atoms. The molecule has 8 heteroatoms. The average molecular weight is 347 g/mol. The maximum absolute atomic E-state index is 11.9. The fourth-order valence-electron chi connectivity index (χ4n) is 2.78. The van der Waals surface area contributed by atoms with E-state index >= 15 is 0 Å². The van der Waals surface area contributed by atoms with Gasteiger partial charge in [0.25, 0.3) is 5.56 Å². The molecule has 2 heterocycles. The fraction of sp³-hybridized carbons (Fsp3) is 0.412. The lowest BCUT2D eigenvalue weighted by Crippen LogP contribution is -2.34. The van der Waals surface area contributed by atoms with E-state index in [1.807, 2.05) is 30.3 Å². The monoisotopic (exact) mass is 347 g/mol. The van der Waals surface area contributed by atoms with Crippen molar-refractivity contribution in [2.75, 3.05) is 11.9 Å². The Labute approximate surface area is 144 Å². The number of hydrogen-bond acceptors (Lipinski definition) is 7. The second-order valence-electron chi connectivity index (χ2n) is 6.03. The van der Waals surface area contributed by atoms with Crippen molar-refractivity contribution >= 4 is 5.95 Å². The predicted molar refractivity (Wildman–Crippen MR) is 90.0 cm³/mol. The van der Waals surface area contributed by atoms with Gasteiger partial charge in [0.05, 0.1) is 6.61 Å². The molecule has 134 valence electrons. The zero-order valence-corrected chi connectivity index (χ0v) is 13.7. The number of hydrogen-bond donors (Lipinski definition) is 4. The van der Waals surface area contributed by atoms with Gasteiger partial charge in [0, 0.05) is 18.3 Å². The van der Waals surface area contributed by atoms with Gasteiger partial charge in [-0.3, -0.25) is 9.36 Å². The molecule has 0 bridgehead atoms. The van der Waals surface area contributed by atoms with Crippen molar-refractivity contribution in [1.82, 2.24) is 9.55 Å². The van der Waals surface area contributed by atoms with E-state index in [0.29, 0.717) is 12.1 Å². The molecule has 1 aromatic heterocycles. The van der Waals surface area contributed by atoms with E-state index in [-0.39, 0.29) is 5.95 Å². The highest BCUT2D eigenvalue weighted by molar-refractivity contribution is 5.30. The van der Waals surface area contributed by atoms with E-state index in [4.69, 9.17) is 4.74 Å². The molecule has 0 amide bonds. The number of aromatic nitrogens is 2. The van der Waals surface area contributed by atoms with Gasteiger partial charge in [-0.15, -0.1) is 0 Å². The van der Waals surface area contributed by atoms with Crippen LogP contribution in [0.15, 0.2) is 41.3 Å². The average Bonchev–Trinajstić information content (AvgIpc) is 2.91. The van der Waals surface area contributed by atoms with Crippen molar-refractivity contribution in [3.63, 3.8) is 0 Å². The van der Waals surface area contributed by atoms with Crippen molar-refractivity contribution < 1.29 is 20.1 Å². The molecule has 0 saturated carbocycles. The Kier molecular flexibility index (Phi) is 5.14. The van der Waals surface area contributed by atoms with Crippen LogP contribution in [0.3, 0.4) is 0 Å². The van der Waals surface area contributed by atoms with Crippen LogP contribution in [0.25, 0.3) is 0 Å². The molecule has 1 aliphatic rings. The normalized spacial score (nSPS) is 25.9. The smallest absolute Gasteiger partial charge is 0.277 e. The summed E-state index contributed by atoms with van der Waals surface area (Å²) < 4.78 is 7.02. The third-order valence-electron chi connectivity index (χ3n) is 4.21. The summed E-state index contributed by atoms with van der Waals surface area (Å²) in [6.45, 7) is 1.60. The summed E-state index contributed by atoms with van der Waals surface area (Å²) in [6, 6.07) is 9.56. The van der Waals surface area contributed by atoms with E-state index in [1.54, 1.807) is 6.92 Å². The minimum atomic E-state index is -1.25. The van der Waals surface area contributed by atoms with E-state index in [9.17, 15) is 20.1 Å². The number of nitrogens with zero attached hydrogens (tertiary/aromatic N) is 2. The molecule has 0 aliphatic carbocycles. The Balaban J connectivity index is 1.90. The Morgan fingerprint density at radius 2 is 1.96 bits per heavy atom. The van der Waals surface area contributed by atoms with Gasteiger partial charge in [-0.05, 0) is 12.5 Å². The predicted octanol–water partition coefficient (Wildman–Crippen LogP) is -0.225. The molecule has 0 spiro atoms. The van der Waals surface area contributed by atoms with Crippen LogP contribution in [-0.4, -0.2) is 49.8 Å². The van der Waals surface area contributed by atoms with Gasteiger partial charge >= 0.3 is 0 Å². The zero-order chi connectivity index (χ0) is 18.0. The zero-order valence-electron chi connectivity index (χ0n) is 13.7. The number of rotatable bonds is 5. The van der Waals surface area contributed by atoms with Crippen LogP contribution < -0.4 is 10.9 Å². The molecule has 4 atom stereocenters. The van der Waals surface area contributed by atoms with Crippen molar-refractivity contribution in [3.05, 3.63) is 58.0 Å². The molecule has 3 rings (SSSR count). The van der Waals surface area contributed by atoms with Gasteiger partial charge in [0.15, 0.2) is 6.23 Å². The van der Waals surface area contributed by atoms with Crippen LogP contribution in [0.5, 0.6) is 0 Å². The second kappa shape index (κ2) is 7.32. The molecular weight excluding hydrogens is 326 g/mol. The van der Waals surface area contributed by atoms with Gasteiger partial charge < -0.3 is 25.4 Å². The number of aliphatic hydroxyl groups is 3. The number of aliphatic hydroxyl groups excluding tert-OH is 3. The molecule has 0 radical (unpaired) electrons. The van der Waals surface area contributed by atoms with Crippen LogP contribution >= 0.6 is 0 Å². The number of anilines is 1. The minimum Gasteiger partial charge on any atom is -0.394 e. The lowest BCUT2D eigenvalue weighted by atomic mass is 10.1. The first-order valence-corrected chi connectivity index (χ1v) is 8.01. The summed E-state index contributed by atoms with van der Waals surface area (Å²) in [4.78, 5) is 15.9. The molecule has 1 saturated heterocycles. The number of aryl methyl sites for hydroxylation is 1. The van der Waals surface area contributed by atoms with Gasteiger partial charge in [-0.2, -0.15) is 4.98 Å². The van der Waals surface area contributed by atoms with E-state index in [1.165, 1.54) is 10.8 Å². The number of nitrogens with one attached hydrogen (secondary N) is 1. The molecule has 8 nitrogen and oxygen atoms in total. The molecule has 4 N–H and O–H groups in total. The number of benzene rings is 1. The molecule has 1 fully saturated rings. The van der Waals surface area contributed by atoms with Crippen molar-refractivity contribution in [2.24, 2.45) is 0 Å². The van der Waals surface area contributed by atoms with Crippen molar-refractivity contribution in [3.8, 4) is 0 Å². The minimum absolute atomic E-state index is 0.217. The highest BCUT2D eigenvalue weighted by Crippen LogP contribution is 2.31. The van der Waals surface area contributed by atoms with Gasteiger partial charge in [-0.1, -0.05) is 30.3 Å². The first-order chi connectivity index (χ1) is 12.0. The Bertz CT molecular complexity index is 780. The summed E-state index contributed by atoms with van der Waals surface area (Å²) >= 11 is 0. The van der Waals surface area contributed by atoms with Gasteiger partial charge in [0.1, 0.15) is 18.3 Å². The van der Waals surface area contributed by atoms with Crippen molar-refractivity contribution in [1.29, 1.82) is 0 Å². The molecule has 1 aromatic carbocycles. The van der Waals surface area contributed by atoms with E-state index in [0.717, 1.165) is 5.56 Å². The largest absolute Gasteiger partial charge is 0.394 e. The second-order valence-corrected chi connectivity index (χ2v) is 6.03. The van der Waals surface area contributed by atoms with Crippen LogP contribution in [0.4, 0.5) is 5.95 Å². The van der Waals surface area contributed by atoms with Crippen LogP contribution in [0, 0.1) is 6.92 Å². The summed E-state index contributed by atoms with van der Waals surface area (Å²) in [5.74, 6) is 0.217. The highest BCUT2D eigenvalue weighted by Gasteiger charge is 2.43. The third kappa shape index (κ3) is 3.57. The quantitative estimate of drug-likeness (QED) is 0.590. The van der Waals surface area contributed by atoms with Gasteiger partial charge in [0.2, 0.25) is 5.95 Å². The molecule has 1 aliphatic heterocycles. The fourth-order valence-corrected chi connectivity index (χ4v) is 2.78. The molecular formula is C17H21N3O5. The van der Waals surface area contributed by atoms with Crippen LogP contribution in [-0.2, 0) is 11.3 Å². The molecule has 2 aromatic rings. The van der Waals surface area contributed by atoms with E-state index < -0.39 is 36.7 Å². The lowest BCUT2D eigenvalue weighted by Gasteiger charge is -2.22. The topological polar surface area (TPSA) is 117 Å². The maximum atomic E-state index is 11.9. The standard InChI is InChI=1S/C17H21N3O5/c1-10-8-20(16-14(23)13(22)12(9-21)25-16)17(19-15(10)24)18-7-11-5-3-2-4-6-11/h2-6,8,12-14,16,21-23H,7,9H2,1H3,(H,18,19,24)/t12-,13-,14-,16-/m1/s1. The summed E-state index contributed by atoms with van der Waals surface area (Å²) in [5, 5.41) is 32.5. The Morgan fingerprint density at radius 3 is 2.60 bits per heavy atom. The van der Waals surface area contributed by atoms with Crippen LogP contribution in [0.1, 0.15) is 17.4 Å². The van der Waals surface area contributed by atoms with Gasteiger partial charge in [-0.25, -0.2) is 0 Å². The summed E-state index contributed by atoms with van der Waals surface area (Å²) in [7, 11) is 0. The summed E-state index contributed by atoms with van der Waals surface area (Å²) in [6.07, 6.45) is -2.82.